The number of aliphatic hydroxyl groups is 1. The number of aliphatic hydroxyl groups excluding tert-OH is 1. The number of anilines is 1. The van der Waals surface area contributed by atoms with Gasteiger partial charge in [0.2, 0.25) is 10.1 Å². The van der Waals surface area contributed by atoms with Gasteiger partial charge in [0.1, 0.15) is 5.82 Å². The van der Waals surface area contributed by atoms with E-state index in [1.165, 1.54) is 23.5 Å². The number of aromatic nitrogens is 3. The van der Waals surface area contributed by atoms with Crippen molar-refractivity contribution in [2.75, 3.05) is 18.0 Å². The zero-order chi connectivity index (χ0) is 15.1. The first-order valence-corrected chi connectivity index (χ1v) is 8.06. The van der Waals surface area contributed by atoms with Crippen molar-refractivity contribution in [1.29, 1.82) is 0 Å². The maximum absolute atomic E-state index is 13.0. The van der Waals surface area contributed by atoms with Crippen LogP contribution in [0.1, 0.15) is 12.8 Å². The number of benzene rings is 1. The van der Waals surface area contributed by atoms with Crippen LogP contribution in [0.25, 0.3) is 16.2 Å². The maximum Gasteiger partial charge on any atom is 0.214 e. The van der Waals surface area contributed by atoms with Gasteiger partial charge in [-0.1, -0.05) is 11.3 Å². The molecule has 7 heteroatoms. The van der Waals surface area contributed by atoms with Crippen molar-refractivity contribution in [2.45, 2.75) is 18.9 Å². The lowest BCUT2D eigenvalue weighted by Gasteiger charge is -2.28. The number of halogens is 1. The fourth-order valence-electron chi connectivity index (χ4n) is 2.63. The molecular weight excluding hydrogens is 303 g/mol. The minimum atomic E-state index is -0.252. The topological polar surface area (TPSA) is 53.7 Å². The molecule has 1 N–H and O–H groups in total. The third kappa shape index (κ3) is 2.46. The Morgan fingerprint density at radius 3 is 2.59 bits per heavy atom. The molecule has 0 bridgehead atoms. The van der Waals surface area contributed by atoms with Crippen LogP contribution in [0, 0.1) is 5.82 Å². The largest absolute Gasteiger partial charge is 0.393 e. The second kappa shape index (κ2) is 5.33. The van der Waals surface area contributed by atoms with Crippen molar-refractivity contribution < 1.29 is 9.50 Å². The van der Waals surface area contributed by atoms with Crippen molar-refractivity contribution in [2.24, 2.45) is 0 Å². The summed E-state index contributed by atoms with van der Waals surface area (Å²) >= 11 is 1.53. The molecule has 1 saturated heterocycles. The van der Waals surface area contributed by atoms with Gasteiger partial charge >= 0.3 is 0 Å². The number of hydrogen-bond acceptors (Lipinski definition) is 5. The van der Waals surface area contributed by atoms with Gasteiger partial charge in [-0.2, -0.15) is 0 Å². The van der Waals surface area contributed by atoms with Crippen LogP contribution >= 0.6 is 11.3 Å². The van der Waals surface area contributed by atoms with Gasteiger partial charge in [0, 0.05) is 18.7 Å². The highest BCUT2D eigenvalue weighted by Gasteiger charge is 2.20. The summed E-state index contributed by atoms with van der Waals surface area (Å²) in [5.74, 6) is -0.252. The molecule has 0 spiro atoms. The van der Waals surface area contributed by atoms with Gasteiger partial charge in [-0.3, -0.25) is 0 Å². The molecule has 1 fully saturated rings. The van der Waals surface area contributed by atoms with E-state index in [-0.39, 0.29) is 11.9 Å². The number of imidazole rings is 1. The Bertz CT molecular complexity index is 758. The van der Waals surface area contributed by atoms with Crippen LogP contribution in [0.15, 0.2) is 30.5 Å². The summed E-state index contributed by atoms with van der Waals surface area (Å²) in [4.78, 5) is 7.57. The molecule has 22 heavy (non-hydrogen) atoms. The molecule has 0 saturated carbocycles. The molecule has 3 heterocycles. The summed E-state index contributed by atoms with van der Waals surface area (Å²) < 4.78 is 14.7. The van der Waals surface area contributed by atoms with Gasteiger partial charge in [0.15, 0.2) is 0 Å². The molecule has 3 aromatic rings. The Morgan fingerprint density at radius 1 is 1.18 bits per heavy atom. The van der Waals surface area contributed by atoms with Gasteiger partial charge in [0.25, 0.3) is 0 Å². The van der Waals surface area contributed by atoms with E-state index >= 15 is 0 Å². The molecule has 0 unspecified atom stereocenters. The summed E-state index contributed by atoms with van der Waals surface area (Å²) in [6.45, 7) is 1.64. The van der Waals surface area contributed by atoms with E-state index in [9.17, 15) is 9.50 Å². The predicted molar refractivity (Wildman–Crippen MR) is 83.7 cm³/mol. The molecule has 4 rings (SSSR count). The first-order valence-electron chi connectivity index (χ1n) is 7.24. The highest BCUT2D eigenvalue weighted by Crippen LogP contribution is 2.28. The fraction of sp³-hybridized carbons (Fsp3) is 0.333. The monoisotopic (exact) mass is 318 g/mol. The molecule has 0 radical (unpaired) electrons. The smallest absolute Gasteiger partial charge is 0.214 e. The first kappa shape index (κ1) is 13.7. The van der Waals surface area contributed by atoms with Crippen LogP contribution in [0.2, 0.25) is 0 Å². The Hall–Kier alpha value is -1.99. The third-order valence-electron chi connectivity index (χ3n) is 3.91. The summed E-state index contributed by atoms with van der Waals surface area (Å²) in [5, 5.41) is 15.1. The molecule has 1 aromatic carbocycles. The molecule has 0 atom stereocenters. The number of piperidine rings is 1. The standard InChI is InChI=1S/C15H15FN4OS/c16-11-3-1-10(2-4-11)13-9-20-14(17-13)22-15(18-20)19-7-5-12(21)6-8-19/h1-4,9,12,21H,5-8H2. The Labute approximate surface area is 130 Å². The summed E-state index contributed by atoms with van der Waals surface area (Å²) in [6, 6.07) is 6.30. The van der Waals surface area contributed by atoms with Crippen LogP contribution in [-0.4, -0.2) is 38.9 Å². The van der Waals surface area contributed by atoms with E-state index in [1.807, 2.05) is 6.20 Å². The van der Waals surface area contributed by atoms with E-state index < -0.39 is 0 Å². The second-order valence-electron chi connectivity index (χ2n) is 5.46. The summed E-state index contributed by atoms with van der Waals surface area (Å²) in [5.41, 5.74) is 1.67. The number of rotatable bonds is 2. The maximum atomic E-state index is 13.0. The van der Waals surface area contributed by atoms with Gasteiger partial charge in [-0.05, 0) is 37.1 Å². The lowest BCUT2D eigenvalue weighted by atomic mass is 10.1. The lowest BCUT2D eigenvalue weighted by molar-refractivity contribution is 0.145. The van der Waals surface area contributed by atoms with Gasteiger partial charge < -0.3 is 10.0 Å². The minimum absolute atomic E-state index is 0.189. The molecule has 1 aliphatic rings. The number of fused-ring (bicyclic) bond motifs is 1. The summed E-state index contributed by atoms with van der Waals surface area (Å²) in [6.07, 6.45) is 3.23. The third-order valence-corrected chi connectivity index (χ3v) is 4.89. The normalized spacial score (nSPS) is 16.5. The van der Waals surface area contributed by atoms with Gasteiger partial charge in [-0.15, -0.1) is 5.10 Å². The first-order chi connectivity index (χ1) is 10.7. The van der Waals surface area contributed by atoms with Crippen molar-refractivity contribution in [3.05, 3.63) is 36.3 Å². The Balaban J connectivity index is 1.61. The number of nitrogens with zero attached hydrogens (tertiary/aromatic N) is 4. The van der Waals surface area contributed by atoms with Crippen LogP contribution in [0.3, 0.4) is 0 Å². The molecular formula is C15H15FN4OS. The molecule has 0 amide bonds. The van der Waals surface area contributed by atoms with Crippen LogP contribution in [0.5, 0.6) is 0 Å². The number of hydrogen-bond donors (Lipinski definition) is 1. The Kier molecular flexibility index (Phi) is 3.31. The molecule has 0 aliphatic carbocycles. The molecule has 5 nitrogen and oxygen atoms in total. The molecule has 2 aromatic heterocycles. The zero-order valence-corrected chi connectivity index (χ0v) is 12.6. The van der Waals surface area contributed by atoms with Crippen LogP contribution < -0.4 is 4.90 Å². The van der Waals surface area contributed by atoms with E-state index in [0.717, 1.165) is 47.3 Å². The molecule has 1 aliphatic heterocycles. The lowest BCUT2D eigenvalue weighted by Crippen LogP contribution is -2.35. The van der Waals surface area contributed by atoms with Crippen LogP contribution in [0.4, 0.5) is 9.52 Å². The average molecular weight is 318 g/mol. The summed E-state index contributed by atoms with van der Waals surface area (Å²) in [7, 11) is 0. The van der Waals surface area contributed by atoms with Crippen molar-refractivity contribution >= 4 is 21.4 Å². The fourth-order valence-corrected chi connectivity index (χ4v) is 3.57. The molecule has 114 valence electrons. The highest BCUT2D eigenvalue weighted by molar-refractivity contribution is 7.20. The van der Waals surface area contributed by atoms with E-state index in [0.29, 0.717) is 0 Å². The SMILES string of the molecule is OC1CCN(c2nn3cc(-c4ccc(F)cc4)nc3s2)CC1. The van der Waals surface area contributed by atoms with Gasteiger partial charge in [-0.25, -0.2) is 13.9 Å². The predicted octanol–water partition coefficient (Wildman–Crippen LogP) is 2.56. The van der Waals surface area contributed by atoms with Crippen molar-refractivity contribution in [1.82, 2.24) is 14.6 Å². The minimum Gasteiger partial charge on any atom is -0.393 e. The van der Waals surface area contributed by atoms with E-state index in [2.05, 4.69) is 15.0 Å². The second-order valence-corrected chi connectivity index (χ2v) is 6.40. The van der Waals surface area contributed by atoms with E-state index in [1.54, 1.807) is 16.6 Å². The van der Waals surface area contributed by atoms with Crippen molar-refractivity contribution in [3.63, 3.8) is 0 Å². The quantitative estimate of drug-likeness (QED) is 0.789. The average Bonchev–Trinajstić information content (AvgIpc) is 3.07. The highest BCUT2D eigenvalue weighted by atomic mass is 32.1. The zero-order valence-electron chi connectivity index (χ0n) is 11.8. The van der Waals surface area contributed by atoms with Crippen LogP contribution in [-0.2, 0) is 0 Å². The van der Waals surface area contributed by atoms with Gasteiger partial charge in [0.05, 0.1) is 18.0 Å². The Morgan fingerprint density at radius 2 is 1.91 bits per heavy atom. The van der Waals surface area contributed by atoms with E-state index in [4.69, 9.17) is 0 Å². The van der Waals surface area contributed by atoms with Crippen molar-refractivity contribution in [3.8, 4) is 11.3 Å².